The second-order valence-electron chi connectivity index (χ2n) is 6.73. The number of rotatable bonds is 7. The van der Waals surface area contributed by atoms with Crippen molar-refractivity contribution in [2.45, 2.75) is 43.8 Å². The van der Waals surface area contributed by atoms with Gasteiger partial charge in [-0.25, -0.2) is 0 Å². The molecular weight excluding hydrogens is 387 g/mol. The summed E-state index contributed by atoms with van der Waals surface area (Å²) in [5.74, 6) is 1.12. The van der Waals surface area contributed by atoms with E-state index in [0.29, 0.717) is 31.0 Å². The molecule has 0 spiro atoms. The van der Waals surface area contributed by atoms with Crippen LogP contribution in [-0.2, 0) is 20.8 Å². The van der Waals surface area contributed by atoms with E-state index in [2.05, 4.69) is 4.18 Å². The Morgan fingerprint density at radius 2 is 1.81 bits per heavy atom. The molecule has 1 aromatic rings. The first kappa shape index (κ1) is 21.8. The molecule has 1 fully saturated rings. The van der Waals surface area contributed by atoms with Gasteiger partial charge in [0.15, 0.2) is 11.5 Å². The van der Waals surface area contributed by atoms with Crippen LogP contribution >= 0.6 is 0 Å². The fraction of sp³-hybridized carbons (Fsp3) is 0.647. The van der Waals surface area contributed by atoms with Crippen LogP contribution in [0.3, 0.4) is 0 Å². The Bertz CT molecular complexity index is 753. The van der Waals surface area contributed by atoms with Crippen LogP contribution < -0.4 is 9.47 Å². The number of nitrogens with zero attached hydrogens (tertiary/aromatic N) is 1. The molecular formula is C17H24F3NO5S. The lowest BCUT2D eigenvalue weighted by atomic mass is 9.88. The molecule has 2 rings (SSSR count). The highest BCUT2D eigenvalue weighted by Gasteiger charge is 2.49. The first-order valence-electron chi connectivity index (χ1n) is 8.44. The van der Waals surface area contributed by atoms with Crippen molar-refractivity contribution in [3.63, 3.8) is 0 Å². The van der Waals surface area contributed by atoms with E-state index in [1.807, 2.05) is 11.0 Å². The fourth-order valence-electron chi connectivity index (χ4n) is 3.14. The van der Waals surface area contributed by atoms with Crippen molar-refractivity contribution in [1.29, 1.82) is 0 Å². The zero-order valence-electron chi connectivity index (χ0n) is 15.5. The van der Waals surface area contributed by atoms with E-state index in [4.69, 9.17) is 9.47 Å². The Morgan fingerprint density at radius 1 is 1.15 bits per heavy atom. The summed E-state index contributed by atoms with van der Waals surface area (Å²) in [7, 11) is -2.57. The third-order valence-electron chi connectivity index (χ3n) is 4.79. The molecule has 0 bridgehead atoms. The Kier molecular flexibility index (Phi) is 6.64. The van der Waals surface area contributed by atoms with Gasteiger partial charge in [-0.15, -0.1) is 0 Å². The number of likely N-dealkylation sites (tertiary alicyclic amines) is 1. The van der Waals surface area contributed by atoms with Gasteiger partial charge >= 0.3 is 15.6 Å². The molecule has 0 amide bonds. The van der Waals surface area contributed by atoms with Crippen molar-refractivity contribution in [1.82, 2.24) is 4.90 Å². The largest absolute Gasteiger partial charge is 0.523 e. The van der Waals surface area contributed by atoms with Gasteiger partial charge < -0.3 is 9.47 Å². The normalized spacial score (nSPS) is 21.9. The van der Waals surface area contributed by atoms with Crippen molar-refractivity contribution in [3.05, 3.63) is 23.8 Å². The second-order valence-corrected chi connectivity index (χ2v) is 8.33. The summed E-state index contributed by atoms with van der Waals surface area (Å²) in [5, 5.41) is 0. The third-order valence-corrected chi connectivity index (χ3v) is 5.78. The summed E-state index contributed by atoms with van der Waals surface area (Å²) in [4.78, 5) is 1.95. The van der Waals surface area contributed by atoms with Gasteiger partial charge in [0, 0.05) is 12.1 Å². The number of hydrogen-bond acceptors (Lipinski definition) is 6. The summed E-state index contributed by atoms with van der Waals surface area (Å²) in [6, 6.07) is 5.38. The van der Waals surface area contributed by atoms with Crippen molar-refractivity contribution in [2.24, 2.45) is 0 Å². The predicted molar refractivity (Wildman–Crippen MR) is 93.1 cm³/mol. The zero-order valence-corrected chi connectivity index (χ0v) is 16.3. The van der Waals surface area contributed by atoms with Crippen molar-refractivity contribution >= 4 is 10.1 Å². The number of benzene rings is 1. The van der Waals surface area contributed by atoms with Gasteiger partial charge in [0.1, 0.15) is 0 Å². The Morgan fingerprint density at radius 3 is 2.41 bits per heavy atom. The topological polar surface area (TPSA) is 65.1 Å². The van der Waals surface area contributed by atoms with E-state index < -0.39 is 27.8 Å². The molecule has 1 aliphatic heterocycles. The highest BCUT2D eigenvalue weighted by atomic mass is 32.2. The van der Waals surface area contributed by atoms with Gasteiger partial charge in [-0.05, 0) is 44.0 Å². The lowest BCUT2D eigenvalue weighted by molar-refractivity contribution is -0.0601. The number of hydrogen-bond donors (Lipinski definition) is 0. The summed E-state index contributed by atoms with van der Waals surface area (Å²) in [6.07, 6.45) is 2.19. The molecule has 0 radical (unpaired) electrons. The van der Waals surface area contributed by atoms with E-state index >= 15 is 0 Å². The maximum atomic E-state index is 12.6. The fourth-order valence-corrected chi connectivity index (χ4v) is 3.68. The van der Waals surface area contributed by atoms with Crippen LogP contribution in [0.1, 0.15) is 31.7 Å². The van der Waals surface area contributed by atoms with Crippen LogP contribution in [0, 0.1) is 0 Å². The van der Waals surface area contributed by atoms with Crippen molar-refractivity contribution < 1.29 is 35.2 Å². The van der Waals surface area contributed by atoms with Gasteiger partial charge in [0.25, 0.3) is 0 Å². The number of halogens is 3. The highest BCUT2D eigenvalue weighted by molar-refractivity contribution is 7.87. The van der Waals surface area contributed by atoms with E-state index in [1.54, 1.807) is 19.1 Å². The molecule has 1 atom stereocenters. The smallest absolute Gasteiger partial charge is 0.493 e. The Balaban J connectivity index is 2.17. The predicted octanol–water partition coefficient (Wildman–Crippen LogP) is 3.31. The summed E-state index contributed by atoms with van der Waals surface area (Å²) in [5.41, 5.74) is -5.38. The number of methoxy groups -OCH3 is 2. The zero-order chi connectivity index (χ0) is 20.3. The summed E-state index contributed by atoms with van der Waals surface area (Å²) < 4.78 is 75.0. The molecule has 6 nitrogen and oxygen atoms in total. The Hall–Kier alpha value is -1.52. The minimum atomic E-state index is -5.61. The maximum absolute atomic E-state index is 12.6. The molecule has 1 saturated heterocycles. The first-order valence-corrected chi connectivity index (χ1v) is 9.85. The van der Waals surface area contributed by atoms with Crippen LogP contribution in [0.15, 0.2) is 18.2 Å². The van der Waals surface area contributed by atoms with Crippen molar-refractivity contribution in [2.75, 3.05) is 27.4 Å². The van der Waals surface area contributed by atoms with Crippen LogP contribution in [0.4, 0.5) is 13.2 Å². The van der Waals surface area contributed by atoms with Gasteiger partial charge in [-0.1, -0.05) is 12.5 Å². The van der Waals surface area contributed by atoms with E-state index in [9.17, 15) is 21.6 Å². The van der Waals surface area contributed by atoms with Gasteiger partial charge in [0.2, 0.25) is 0 Å². The first-order chi connectivity index (χ1) is 12.5. The highest BCUT2D eigenvalue weighted by Crippen LogP contribution is 2.34. The SMILES string of the molecule is COc1ccc(CN2CCCC[C@]2(C)COS(=O)(=O)C(F)(F)F)cc1OC. The lowest BCUT2D eigenvalue weighted by Crippen LogP contribution is -2.53. The van der Waals surface area contributed by atoms with Crippen LogP contribution in [0.5, 0.6) is 11.5 Å². The molecule has 0 aliphatic carbocycles. The number of piperidine rings is 1. The van der Waals surface area contributed by atoms with Gasteiger partial charge in [-0.3, -0.25) is 9.08 Å². The van der Waals surface area contributed by atoms with Crippen molar-refractivity contribution in [3.8, 4) is 11.5 Å². The monoisotopic (exact) mass is 411 g/mol. The molecule has 1 heterocycles. The standard InChI is InChI=1S/C17H24F3NO5S/c1-16(12-26-27(22,23)17(18,19)20)8-4-5-9-21(16)11-13-6-7-14(24-2)15(10-13)25-3/h6-7,10H,4-5,8-9,11-12H2,1-3H3/t16-/m1/s1. The average Bonchev–Trinajstić information content (AvgIpc) is 2.61. The Labute approximate surface area is 157 Å². The van der Waals surface area contributed by atoms with E-state index in [-0.39, 0.29) is 0 Å². The molecule has 0 unspecified atom stereocenters. The third kappa shape index (κ3) is 5.05. The molecule has 1 aromatic carbocycles. The molecule has 0 aromatic heterocycles. The maximum Gasteiger partial charge on any atom is 0.523 e. The van der Waals surface area contributed by atoms with Crippen LogP contribution in [0.25, 0.3) is 0 Å². The molecule has 154 valence electrons. The quantitative estimate of drug-likeness (QED) is 0.507. The van der Waals surface area contributed by atoms with Gasteiger partial charge in [-0.2, -0.15) is 21.6 Å². The minimum Gasteiger partial charge on any atom is -0.493 e. The van der Waals surface area contributed by atoms with E-state index in [1.165, 1.54) is 14.2 Å². The molecule has 0 N–H and O–H groups in total. The molecule has 0 saturated carbocycles. The summed E-state index contributed by atoms with van der Waals surface area (Å²) in [6.45, 7) is 2.22. The summed E-state index contributed by atoms with van der Waals surface area (Å²) >= 11 is 0. The molecule has 27 heavy (non-hydrogen) atoms. The molecule has 10 heteroatoms. The van der Waals surface area contributed by atoms with E-state index in [0.717, 1.165) is 18.4 Å². The number of alkyl halides is 3. The average molecular weight is 411 g/mol. The minimum absolute atomic E-state index is 0.423. The van der Waals surface area contributed by atoms with Crippen LogP contribution in [-0.4, -0.2) is 51.7 Å². The van der Waals surface area contributed by atoms with Crippen LogP contribution in [0.2, 0.25) is 0 Å². The molecule has 1 aliphatic rings. The lowest BCUT2D eigenvalue weighted by Gasteiger charge is -2.44. The number of ether oxygens (including phenoxy) is 2. The van der Waals surface area contributed by atoms with Gasteiger partial charge in [0.05, 0.1) is 20.8 Å². The second kappa shape index (κ2) is 8.24.